The number of benzene rings is 1. The van der Waals surface area contributed by atoms with Crippen LogP contribution < -0.4 is 5.73 Å². The van der Waals surface area contributed by atoms with Crippen molar-refractivity contribution in [2.75, 3.05) is 25.1 Å². The van der Waals surface area contributed by atoms with Gasteiger partial charge in [0.15, 0.2) is 0 Å². The smallest absolute Gasteiger partial charge is 0.232 e. The van der Waals surface area contributed by atoms with Crippen molar-refractivity contribution < 1.29 is 4.79 Å². The Balaban J connectivity index is 2.60. The maximum atomic E-state index is 11.8. The normalized spacial score (nSPS) is 10.1. The Morgan fingerprint density at radius 1 is 1.38 bits per heavy atom. The fourth-order valence-corrected chi connectivity index (χ4v) is 1.90. The molecule has 0 fully saturated rings. The van der Waals surface area contributed by atoms with Crippen LogP contribution >= 0.6 is 11.8 Å². The first-order valence-electron chi connectivity index (χ1n) is 5.28. The summed E-state index contributed by atoms with van der Waals surface area (Å²) in [4.78, 5) is 13.6. The van der Waals surface area contributed by atoms with Crippen LogP contribution in [0.2, 0.25) is 0 Å². The van der Waals surface area contributed by atoms with E-state index in [0.717, 1.165) is 5.56 Å². The van der Waals surface area contributed by atoms with E-state index in [9.17, 15) is 4.79 Å². The Morgan fingerprint density at radius 2 is 2.06 bits per heavy atom. The van der Waals surface area contributed by atoms with E-state index in [4.69, 9.17) is 5.73 Å². The quantitative estimate of drug-likeness (QED) is 0.813. The molecular formula is C12H18N2OS. The highest BCUT2D eigenvalue weighted by molar-refractivity contribution is 7.99. The Labute approximate surface area is 101 Å². The van der Waals surface area contributed by atoms with E-state index in [1.807, 2.05) is 41.5 Å². The Kier molecular flexibility index (Phi) is 5.96. The van der Waals surface area contributed by atoms with Gasteiger partial charge in [-0.15, -0.1) is 0 Å². The molecule has 0 radical (unpaired) electrons. The molecule has 0 aliphatic carbocycles. The number of carbonyl (C=O) groups excluding carboxylic acids is 1. The standard InChI is InChI=1S/C12H18N2OS/c1-16-10-12(15)14(8-7-13)9-11-5-3-2-4-6-11/h2-6H,7-10,13H2,1H3. The van der Waals surface area contributed by atoms with Crippen molar-refractivity contribution in [3.8, 4) is 0 Å². The average molecular weight is 238 g/mol. The zero-order valence-electron chi connectivity index (χ0n) is 9.56. The molecule has 0 aliphatic heterocycles. The number of amides is 1. The predicted molar refractivity (Wildman–Crippen MR) is 69.3 cm³/mol. The van der Waals surface area contributed by atoms with Crippen molar-refractivity contribution in [1.29, 1.82) is 0 Å². The summed E-state index contributed by atoms with van der Waals surface area (Å²) >= 11 is 1.54. The molecule has 0 saturated heterocycles. The van der Waals surface area contributed by atoms with E-state index in [0.29, 0.717) is 25.4 Å². The number of nitrogens with zero attached hydrogens (tertiary/aromatic N) is 1. The van der Waals surface area contributed by atoms with E-state index < -0.39 is 0 Å². The molecule has 0 bridgehead atoms. The second-order valence-corrected chi connectivity index (χ2v) is 4.39. The molecule has 1 amide bonds. The predicted octanol–water partition coefficient (Wildman–Crippen LogP) is 1.34. The molecule has 1 aromatic carbocycles. The molecule has 0 unspecified atom stereocenters. The summed E-state index contributed by atoms with van der Waals surface area (Å²) in [6, 6.07) is 9.98. The molecule has 0 aromatic heterocycles. The van der Waals surface area contributed by atoms with Crippen LogP contribution in [-0.2, 0) is 11.3 Å². The van der Waals surface area contributed by atoms with Gasteiger partial charge in [0.25, 0.3) is 0 Å². The summed E-state index contributed by atoms with van der Waals surface area (Å²) < 4.78 is 0. The summed E-state index contributed by atoms with van der Waals surface area (Å²) in [6.07, 6.45) is 1.93. The third-order valence-electron chi connectivity index (χ3n) is 2.24. The second kappa shape index (κ2) is 7.30. The van der Waals surface area contributed by atoms with E-state index >= 15 is 0 Å². The van der Waals surface area contributed by atoms with Gasteiger partial charge in [-0.25, -0.2) is 0 Å². The van der Waals surface area contributed by atoms with E-state index in [-0.39, 0.29) is 5.91 Å². The molecule has 0 saturated carbocycles. The Hall–Kier alpha value is -1.00. The van der Waals surface area contributed by atoms with Crippen LogP contribution in [-0.4, -0.2) is 35.9 Å². The first-order chi connectivity index (χ1) is 7.77. The zero-order valence-corrected chi connectivity index (χ0v) is 10.4. The van der Waals surface area contributed by atoms with Gasteiger partial charge in [-0.3, -0.25) is 4.79 Å². The van der Waals surface area contributed by atoms with E-state index in [1.54, 1.807) is 11.8 Å². The summed E-state index contributed by atoms with van der Waals surface area (Å²) in [7, 11) is 0. The lowest BCUT2D eigenvalue weighted by Crippen LogP contribution is -2.36. The van der Waals surface area contributed by atoms with Crippen LogP contribution in [0.3, 0.4) is 0 Å². The first kappa shape index (κ1) is 13.1. The average Bonchev–Trinajstić information content (AvgIpc) is 2.30. The van der Waals surface area contributed by atoms with E-state index in [1.165, 1.54) is 0 Å². The van der Waals surface area contributed by atoms with Gasteiger partial charge in [0.2, 0.25) is 5.91 Å². The van der Waals surface area contributed by atoms with Gasteiger partial charge in [-0.05, 0) is 11.8 Å². The maximum Gasteiger partial charge on any atom is 0.232 e. The van der Waals surface area contributed by atoms with Gasteiger partial charge >= 0.3 is 0 Å². The van der Waals surface area contributed by atoms with Gasteiger partial charge in [0.1, 0.15) is 0 Å². The largest absolute Gasteiger partial charge is 0.336 e. The fraction of sp³-hybridized carbons (Fsp3) is 0.417. The summed E-state index contributed by atoms with van der Waals surface area (Å²) in [5.74, 6) is 0.675. The molecule has 1 rings (SSSR count). The lowest BCUT2D eigenvalue weighted by atomic mass is 10.2. The number of hydrogen-bond donors (Lipinski definition) is 1. The molecule has 0 spiro atoms. The zero-order chi connectivity index (χ0) is 11.8. The highest BCUT2D eigenvalue weighted by Crippen LogP contribution is 2.06. The molecule has 88 valence electrons. The van der Waals surface area contributed by atoms with E-state index in [2.05, 4.69) is 0 Å². The lowest BCUT2D eigenvalue weighted by molar-refractivity contribution is -0.128. The highest BCUT2D eigenvalue weighted by Gasteiger charge is 2.11. The van der Waals surface area contributed by atoms with Crippen LogP contribution in [0.5, 0.6) is 0 Å². The molecule has 4 heteroatoms. The minimum atomic E-state index is 0.154. The molecule has 16 heavy (non-hydrogen) atoms. The molecular weight excluding hydrogens is 220 g/mol. The topological polar surface area (TPSA) is 46.3 Å². The monoisotopic (exact) mass is 238 g/mol. The third-order valence-corrected chi connectivity index (χ3v) is 2.77. The summed E-state index contributed by atoms with van der Waals surface area (Å²) in [6.45, 7) is 1.78. The molecule has 2 N–H and O–H groups in total. The number of thioether (sulfide) groups is 1. The van der Waals surface area contributed by atoms with Gasteiger partial charge in [0, 0.05) is 19.6 Å². The van der Waals surface area contributed by atoms with Crippen LogP contribution in [0.1, 0.15) is 5.56 Å². The van der Waals surface area contributed by atoms with Gasteiger partial charge in [0.05, 0.1) is 5.75 Å². The lowest BCUT2D eigenvalue weighted by Gasteiger charge is -2.21. The number of hydrogen-bond acceptors (Lipinski definition) is 3. The fourth-order valence-electron chi connectivity index (χ4n) is 1.47. The van der Waals surface area contributed by atoms with Crippen LogP contribution in [0.25, 0.3) is 0 Å². The first-order valence-corrected chi connectivity index (χ1v) is 6.68. The number of rotatable bonds is 6. The molecule has 0 heterocycles. The minimum absolute atomic E-state index is 0.154. The van der Waals surface area contributed by atoms with Crippen molar-refractivity contribution in [2.45, 2.75) is 6.54 Å². The Bertz CT molecular complexity index is 316. The molecule has 0 atom stereocenters. The SMILES string of the molecule is CSCC(=O)N(CCN)Cc1ccccc1. The molecule has 3 nitrogen and oxygen atoms in total. The van der Waals surface area contributed by atoms with Gasteiger partial charge in [-0.1, -0.05) is 30.3 Å². The molecule has 1 aromatic rings. The van der Waals surface area contributed by atoms with Crippen LogP contribution in [0.15, 0.2) is 30.3 Å². The number of nitrogens with two attached hydrogens (primary N) is 1. The maximum absolute atomic E-state index is 11.8. The van der Waals surface area contributed by atoms with Crippen molar-refractivity contribution >= 4 is 17.7 Å². The number of carbonyl (C=O) groups is 1. The summed E-state index contributed by atoms with van der Waals surface area (Å²) in [5.41, 5.74) is 6.66. The Morgan fingerprint density at radius 3 is 2.62 bits per heavy atom. The van der Waals surface area contributed by atoms with Crippen molar-refractivity contribution in [2.24, 2.45) is 5.73 Å². The second-order valence-electron chi connectivity index (χ2n) is 3.52. The summed E-state index contributed by atoms with van der Waals surface area (Å²) in [5, 5.41) is 0. The van der Waals surface area contributed by atoms with Crippen molar-refractivity contribution in [1.82, 2.24) is 4.90 Å². The van der Waals surface area contributed by atoms with Gasteiger partial charge < -0.3 is 10.6 Å². The van der Waals surface area contributed by atoms with Crippen molar-refractivity contribution in [3.05, 3.63) is 35.9 Å². The van der Waals surface area contributed by atoms with Crippen LogP contribution in [0, 0.1) is 0 Å². The van der Waals surface area contributed by atoms with Crippen molar-refractivity contribution in [3.63, 3.8) is 0 Å². The molecule has 0 aliphatic rings. The van der Waals surface area contributed by atoms with Crippen LogP contribution in [0.4, 0.5) is 0 Å². The third kappa shape index (κ3) is 4.24. The minimum Gasteiger partial charge on any atom is -0.336 e. The van der Waals surface area contributed by atoms with Gasteiger partial charge in [-0.2, -0.15) is 11.8 Å². The highest BCUT2D eigenvalue weighted by atomic mass is 32.2.